The standard InChI is InChI=1S/C21H20ClF4N5O2/c1-12-18(22)19(21(24,25)26)28-30(12)17(11-33-2)20(32)29-9-3-4-15-16(29)10-27-31(15)14-7-5-13(23)6-8-14/h5-8,10,17H,3-4,9,11H2,1-2H3. The van der Waals surface area contributed by atoms with Crippen LogP contribution >= 0.6 is 11.6 Å². The molecule has 12 heteroatoms. The molecule has 1 aliphatic rings. The number of carbonyl (C=O) groups is 1. The second kappa shape index (κ2) is 8.79. The van der Waals surface area contributed by atoms with Gasteiger partial charge in [0.15, 0.2) is 11.7 Å². The number of alkyl halides is 3. The van der Waals surface area contributed by atoms with Crippen molar-refractivity contribution in [2.75, 3.05) is 25.2 Å². The fraction of sp³-hybridized carbons (Fsp3) is 0.381. The van der Waals surface area contributed by atoms with E-state index in [0.717, 1.165) is 10.4 Å². The number of anilines is 1. The Balaban J connectivity index is 1.71. The zero-order valence-electron chi connectivity index (χ0n) is 17.7. The van der Waals surface area contributed by atoms with Crippen LogP contribution in [0.3, 0.4) is 0 Å². The predicted molar refractivity (Wildman–Crippen MR) is 112 cm³/mol. The lowest BCUT2D eigenvalue weighted by Crippen LogP contribution is -2.42. The third-order valence-electron chi connectivity index (χ3n) is 5.52. The van der Waals surface area contributed by atoms with Gasteiger partial charge in [0.2, 0.25) is 0 Å². The summed E-state index contributed by atoms with van der Waals surface area (Å²) in [4.78, 5) is 15.0. The van der Waals surface area contributed by atoms with Crippen LogP contribution in [0, 0.1) is 12.7 Å². The van der Waals surface area contributed by atoms with Crippen LogP contribution in [-0.4, -0.2) is 45.7 Å². The van der Waals surface area contributed by atoms with Crippen molar-refractivity contribution in [2.45, 2.75) is 32.0 Å². The Hall–Kier alpha value is -2.92. The van der Waals surface area contributed by atoms with E-state index >= 15 is 0 Å². The zero-order chi connectivity index (χ0) is 23.9. The third kappa shape index (κ3) is 4.22. The van der Waals surface area contributed by atoms with Gasteiger partial charge in [-0.1, -0.05) is 11.6 Å². The lowest BCUT2D eigenvalue weighted by atomic mass is 10.1. The van der Waals surface area contributed by atoms with Crippen molar-refractivity contribution in [1.82, 2.24) is 19.6 Å². The van der Waals surface area contributed by atoms with Gasteiger partial charge in [-0.25, -0.2) is 9.07 Å². The average molecular weight is 486 g/mol. The van der Waals surface area contributed by atoms with Crippen LogP contribution in [0.1, 0.15) is 29.5 Å². The van der Waals surface area contributed by atoms with Crippen LogP contribution in [0.4, 0.5) is 23.2 Å². The number of hydrogen-bond donors (Lipinski definition) is 0. The molecule has 0 bridgehead atoms. The van der Waals surface area contributed by atoms with Crippen LogP contribution in [0.5, 0.6) is 0 Å². The summed E-state index contributed by atoms with van der Waals surface area (Å²) in [6.07, 6.45) is -2.01. The minimum atomic E-state index is -4.76. The number of nitrogens with zero attached hydrogens (tertiary/aromatic N) is 5. The highest BCUT2D eigenvalue weighted by Crippen LogP contribution is 2.37. The first-order valence-corrected chi connectivity index (χ1v) is 10.5. The van der Waals surface area contributed by atoms with Crippen molar-refractivity contribution in [2.24, 2.45) is 0 Å². The molecule has 0 N–H and O–H groups in total. The Labute approximate surface area is 191 Å². The molecule has 7 nitrogen and oxygen atoms in total. The largest absolute Gasteiger partial charge is 0.436 e. The highest BCUT2D eigenvalue weighted by Gasteiger charge is 2.41. The number of fused-ring (bicyclic) bond motifs is 1. The predicted octanol–water partition coefficient (Wildman–Crippen LogP) is 4.36. The quantitative estimate of drug-likeness (QED) is 0.504. The Morgan fingerprint density at radius 2 is 1.97 bits per heavy atom. The number of halogens is 5. The molecule has 0 aliphatic carbocycles. The maximum absolute atomic E-state index is 13.5. The molecule has 4 rings (SSSR count). The van der Waals surface area contributed by atoms with Crippen molar-refractivity contribution >= 4 is 23.2 Å². The molecule has 3 heterocycles. The Morgan fingerprint density at radius 3 is 2.58 bits per heavy atom. The van der Waals surface area contributed by atoms with Crippen molar-refractivity contribution in [3.63, 3.8) is 0 Å². The van der Waals surface area contributed by atoms with E-state index in [2.05, 4.69) is 10.2 Å². The van der Waals surface area contributed by atoms with E-state index < -0.39 is 28.8 Å². The molecule has 2 aromatic heterocycles. The zero-order valence-corrected chi connectivity index (χ0v) is 18.5. The second-order valence-corrected chi connectivity index (χ2v) is 8.00. The van der Waals surface area contributed by atoms with Gasteiger partial charge in [0.1, 0.15) is 5.82 Å². The number of aromatic nitrogens is 4. The van der Waals surface area contributed by atoms with Gasteiger partial charge in [-0.3, -0.25) is 9.48 Å². The number of carbonyl (C=O) groups excluding carboxylic acids is 1. The first kappa shape index (κ1) is 23.2. The topological polar surface area (TPSA) is 65.2 Å². The highest BCUT2D eigenvalue weighted by molar-refractivity contribution is 6.32. The minimum Gasteiger partial charge on any atom is -0.382 e. The normalized spacial score (nSPS) is 14.9. The number of amides is 1. The Kier molecular flexibility index (Phi) is 6.19. The van der Waals surface area contributed by atoms with Gasteiger partial charge in [0.25, 0.3) is 5.91 Å². The molecule has 0 fully saturated rings. The molecule has 1 amide bonds. The summed E-state index contributed by atoms with van der Waals surface area (Å²) in [6.45, 7) is 1.52. The lowest BCUT2D eigenvalue weighted by Gasteiger charge is -2.31. The van der Waals surface area contributed by atoms with E-state index in [0.29, 0.717) is 30.8 Å². The molecule has 1 aromatic carbocycles. The minimum absolute atomic E-state index is 0.0126. The molecule has 0 saturated heterocycles. The summed E-state index contributed by atoms with van der Waals surface area (Å²) in [7, 11) is 1.35. The molecule has 0 radical (unpaired) electrons. The molecule has 176 valence electrons. The molecule has 3 aromatic rings. The fourth-order valence-corrected chi connectivity index (χ4v) is 4.18. The number of benzene rings is 1. The van der Waals surface area contributed by atoms with Crippen LogP contribution in [-0.2, 0) is 22.1 Å². The maximum Gasteiger partial charge on any atom is 0.436 e. The molecule has 0 saturated carbocycles. The summed E-state index contributed by atoms with van der Waals surface area (Å²) >= 11 is 5.89. The molecule has 1 atom stereocenters. The summed E-state index contributed by atoms with van der Waals surface area (Å²) in [5.41, 5.74) is 0.662. The maximum atomic E-state index is 13.5. The Morgan fingerprint density at radius 1 is 1.27 bits per heavy atom. The SMILES string of the molecule is COCC(C(=O)N1CCCc2c1cnn2-c1ccc(F)cc1)n1nc(C(F)(F)F)c(Cl)c1C. The van der Waals surface area contributed by atoms with Gasteiger partial charge in [0, 0.05) is 13.7 Å². The van der Waals surface area contributed by atoms with Crippen molar-refractivity contribution < 1.29 is 27.1 Å². The van der Waals surface area contributed by atoms with Crippen molar-refractivity contribution in [1.29, 1.82) is 0 Å². The Bertz CT molecular complexity index is 1170. The third-order valence-corrected chi connectivity index (χ3v) is 5.97. The van der Waals surface area contributed by atoms with Crippen LogP contribution < -0.4 is 4.90 Å². The van der Waals surface area contributed by atoms with Crippen LogP contribution in [0.2, 0.25) is 5.02 Å². The van der Waals surface area contributed by atoms with Crippen LogP contribution in [0.25, 0.3) is 5.69 Å². The summed E-state index contributed by atoms with van der Waals surface area (Å²) in [5, 5.41) is 7.41. The molecule has 0 spiro atoms. The summed E-state index contributed by atoms with van der Waals surface area (Å²) in [5.74, 6) is -0.877. The molecule has 1 unspecified atom stereocenters. The molecule has 1 aliphatic heterocycles. The molecular weight excluding hydrogens is 466 g/mol. The van der Waals surface area contributed by atoms with E-state index in [-0.39, 0.29) is 18.1 Å². The monoisotopic (exact) mass is 485 g/mol. The first-order chi connectivity index (χ1) is 15.6. The second-order valence-electron chi connectivity index (χ2n) is 7.62. The summed E-state index contributed by atoms with van der Waals surface area (Å²) < 4.78 is 61.0. The summed E-state index contributed by atoms with van der Waals surface area (Å²) in [6, 6.07) is 4.61. The van der Waals surface area contributed by atoms with E-state index in [1.54, 1.807) is 16.8 Å². The molecular formula is C21H20ClF4N5O2. The van der Waals surface area contributed by atoms with E-state index in [1.165, 1.54) is 37.3 Å². The smallest absolute Gasteiger partial charge is 0.382 e. The van der Waals surface area contributed by atoms with Gasteiger partial charge < -0.3 is 9.64 Å². The van der Waals surface area contributed by atoms with E-state index in [9.17, 15) is 22.4 Å². The number of methoxy groups -OCH3 is 1. The van der Waals surface area contributed by atoms with Gasteiger partial charge in [0.05, 0.1) is 40.6 Å². The number of rotatable bonds is 5. The van der Waals surface area contributed by atoms with Gasteiger partial charge in [-0.2, -0.15) is 23.4 Å². The van der Waals surface area contributed by atoms with E-state index in [1.807, 2.05) is 0 Å². The van der Waals surface area contributed by atoms with E-state index in [4.69, 9.17) is 16.3 Å². The van der Waals surface area contributed by atoms with Crippen molar-refractivity contribution in [3.8, 4) is 5.69 Å². The van der Waals surface area contributed by atoms with Crippen molar-refractivity contribution in [3.05, 3.63) is 58.4 Å². The van der Waals surface area contributed by atoms with Gasteiger partial charge in [-0.15, -0.1) is 0 Å². The first-order valence-electron chi connectivity index (χ1n) is 10.1. The number of ether oxygens (including phenoxy) is 1. The average Bonchev–Trinajstić information content (AvgIpc) is 3.33. The fourth-order valence-electron chi connectivity index (χ4n) is 3.95. The lowest BCUT2D eigenvalue weighted by molar-refractivity contribution is -0.142. The van der Waals surface area contributed by atoms with Crippen LogP contribution in [0.15, 0.2) is 30.5 Å². The highest BCUT2D eigenvalue weighted by atomic mass is 35.5. The van der Waals surface area contributed by atoms with Gasteiger partial charge in [-0.05, 0) is 44.0 Å². The number of hydrogen-bond acceptors (Lipinski definition) is 4. The van der Waals surface area contributed by atoms with Gasteiger partial charge >= 0.3 is 6.18 Å². The molecule has 33 heavy (non-hydrogen) atoms.